The minimum atomic E-state index is -0.464. The number of benzene rings is 2. The van der Waals surface area contributed by atoms with Crippen molar-refractivity contribution in [2.45, 2.75) is 12.3 Å². The van der Waals surface area contributed by atoms with Gasteiger partial charge in [0.2, 0.25) is 0 Å². The van der Waals surface area contributed by atoms with Gasteiger partial charge in [0, 0.05) is 25.3 Å². The molecule has 0 radical (unpaired) electrons. The van der Waals surface area contributed by atoms with E-state index in [2.05, 4.69) is 6.07 Å². The first-order valence-electron chi connectivity index (χ1n) is 6.52. The molecule has 0 fully saturated rings. The molecule has 1 unspecified atom stereocenters. The average molecular weight is 268 g/mol. The normalized spacial score (nSPS) is 11.7. The van der Waals surface area contributed by atoms with Gasteiger partial charge in [-0.1, -0.05) is 30.3 Å². The third-order valence-corrected chi connectivity index (χ3v) is 3.30. The second-order valence-electron chi connectivity index (χ2n) is 4.97. The van der Waals surface area contributed by atoms with E-state index in [1.54, 1.807) is 18.2 Å². The molecule has 0 heterocycles. The van der Waals surface area contributed by atoms with Crippen LogP contribution in [-0.2, 0) is 6.42 Å². The van der Waals surface area contributed by atoms with Gasteiger partial charge in [0.15, 0.2) is 0 Å². The fourth-order valence-electron chi connectivity index (χ4n) is 2.18. The summed E-state index contributed by atoms with van der Waals surface area (Å²) in [4.78, 5) is 2.01. The molecule has 0 saturated heterocycles. The number of halogens is 1. The monoisotopic (exact) mass is 268 g/mol. The van der Waals surface area contributed by atoms with Gasteiger partial charge in [-0.25, -0.2) is 4.39 Å². The molecule has 0 amide bonds. The molecule has 20 heavy (non-hydrogen) atoms. The first kappa shape index (κ1) is 14.1. The van der Waals surface area contributed by atoms with Gasteiger partial charge in [-0.15, -0.1) is 0 Å². The molecule has 0 aromatic heterocycles. The maximum absolute atomic E-state index is 13.8. The van der Waals surface area contributed by atoms with Crippen LogP contribution in [0.4, 0.5) is 10.1 Å². The van der Waals surface area contributed by atoms with Crippen LogP contribution in [-0.4, -0.2) is 14.1 Å². The second-order valence-corrected chi connectivity index (χ2v) is 4.97. The lowest BCUT2D eigenvalue weighted by Crippen LogP contribution is -2.09. The summed E-state index contributed by atoms with van der Waals surface area (Å²) in [5.41, 5.74) is 2.57. The Labute approximate surface area is 119 Å². The number of nitrogens with zero attached hydrogens (tertiary/aromatic N) is 2. The zero-order valence-corrected chi connectivity index (χ0v) is 11.7. The average Bonchev–Trinajstić information content (AvgIpc) is 2.46. The van der Waals surface area contributed by atoms with Crippen molar-refractivity contribution in [1.82, 2.24) is 0 Å². The summed E-state index contributed by atoms with van der Waals surface area (Å²) in [6.07, 6.45) is 0.513. The first-order chi connectivity index (χ1) is 9.61. The fraction of sp³-hybridized carbons (Fsp3) is 0.235. The molecule has 0 spiro atoms. The van der Waals surface area contributed by atoms with Crippen LogP contribution in [0.5, 0.6) is 0 Å². The van der Waals surface area contributed by atoms with Crippen LogP contribution in [0.3, 0.4) is 0 Å². The largest absolute Gasteiger partial charge is 0.378 e. The van der Waals surface area contributed by atoms with Crippen LogP contribution in [0.15, 0.2) is 48.5 Å². The number of nitriles is 1. The lowest BCUT2D eigenvalue weighted by Gasteiger charge is -2.15. The highest BCUT2D eigenvalue weighted by atomic mass is 19.1. The molecule has 2 aromatic carbocycles. The van der Waals surface area contributed by atoms with E-state index in [0.717, 1.165) is 11.3 Å². The molecule has 0 aliphatic heterocycles. The van der Waals surface area contributed by atoms with Crippen LogP contribution >= 0.6 is 0 Å². The Morgan fingerprint density at radius 3 is 2.55 bits per heavy atom. The Hall–Kier alpha value is -2.34. The van der Waals surface area contributed by atoms with E-state index in [4.69, 9.17) is 0 Å². The predicted molar refractivity (Wildman–Crippen MR) is 79.2 cm³/mol. The molecule has 0 bridgehead atoms. The summed E-state index contributed by atoms with van der Waals surface area (Å²) in [5, 5.41) is 9.32. The third kappa shape index (κ3) is 3.16. The topological polar surface area (TPSA) is 27.0 Å². The Morgan fingerprint density at radius 1 is 1.15 bits per heavy atom. The standard InChI is InChI=1S/C17H17FN2/c1-20(2)15-7-5-6-13(11-15)10-14(12-19)16-8-3-4-9-17(16)18/h3-9,11,14H,10H2,1-2H3. The number of hydrogen-bond acceptors (Lipinski definition) is 2. The summed E-state index contributed by atoms with van der Waals surface area (Å²) in [6.45, 7) is 0. The molecule has 1 atom stereocenters. The van der Waals surface area contributed by atoms with Crippen molar-refractivity contribution in [2.75, 3.05) is 19.0 Å². The van der Waals surface area contributed by atoms with Gasteiger partial charge in [-0.05, 0) is 30.2 Å². The molecule has 3 heteroatoms. The lowest BCUT2D eigenvalue weighted by molar-refractivity contribution is 0.600. The first-order valence-corrected chi connectivity index (χ1v) is 6.52. The Balaban J connectivity index is 2.26. The van der Waals surface area contributed by atoms with Crippen LogP contribution in [0.25, 0.3) is 0 Å². The van der Waals surface area contributed by atoms with Crippen molar-refractivity contribution >= 4 is 5.69 Å². The Morgan fingerprint density at radius 2 is 1.90 bits per heavy atom. The second kappa shape index (κ2) is 6.21. The minimum absolute atomic E-state index is 0.317. The zero-order chi connectivity index (χ0) is 14.5. The maximum Gasteiger partial charge on any atom is 0.127 e. The quantitative estimate of drug-likeness (QED) is 0.844. The van der Waals surface area contributed by atoms with E-state index in [1.807, 2.05) is 43.3 Å². The molecule has 2 nitrogen and oxygen atoms in total. The van der Waals surface area contributed by atoms with E-state index in [9.17, 15) is 9.65 Å². The summed E-state index contributed by atoms with van der Waals surface area (Å²) in [5.74, 6) is -0.781. The van der Waals surface area contributed by atoms with Gasteiger partial charge < -0.3 is 4.90 Å². The van der Waals surface area contributed by atoms with Crippen molar-refractivity contribution in [3.05, 3.63) is 65.5 Å². The number of hydrogen-bond donors (Lipinski definition) is 0. The fourth-order valence-corrected chi connectivity index (χ4v) is 2.18. The molecule has 2 aromatic rings. The van der Waals surface area contributed by atoms with Crippen molar-refractivity contribution < 1.29 is 4.39 Å². The van der Waals surface area contributed by atoms with Crippen molar-refractivity contribution in [3.8, 4) is 6.07 Å². The van der Waals surface area contributed by atoms with Gasteiger partial charge >= 0.3 is 0 Å². The summed E-state index contributed by atoms with van der Waals surface area (Å²) >= 11 is 0. The molecule has 102 valence electrons. The van der Waals surface area contributed by atoms with Crippen LogP contribution in [0.2, 0.25) is 0 Å². The van der Waals surface area contributed by atoms with E-state index in [1.165, 1.54) is 6.07 Å². The van der Waals surface area contributed by atoms with Crippen molar-refractivity contribution in [2.24, 2.45) is 0 Å². The zero-order valence-electron chi connectivity index (χ0n) is 11.7. The van der Waals surface area contributed by atoms with Gasteiger partial charge in [0.1, 0.15) is 5.82 Å². The van der Waals surface area contributed by atoms with Gasteiger partial charge in [0.25, 0.3) is 0 Å². The van der Waals surface area contributed by atoms with Crippen LogP contribution in [0, 0.1) is 17.1 Å². The Bertz CT molecular complexity index is 629. The number of rotatable bonds is 4. The summed E-state index contributed by atoms with van der Waals surface area (Å²) in [6, 6.07) is 16.7. The smallest absolute Gasteiger partial charge is 0.127 e. The summed E-state index contributed by atoms with van der Waals surface area (Å²) < 4.78 is 13.8. The predicted octanol–water partition coefficient (Wildman–Crippen LogP) is 3.74. The summed E-state index contributed by atoms with van der Waals surface area (Å²) in [7, 11) is 3.94. The highest BCUT2D eigenvalue weighted by molar-refractivity contribution is 5.47. The lowest BCUT2D eigenvalue weighted by atomic mass is 9.92. The highest BCUT2D eigenvalue weighted by Gasteiger charge is 2.15. The van der Waals surface area contributed by atoms with Gasteiger partial charge in [0.05, 0.1) is 12.0 Å². The minimum Gasteiger partial charge on any atom is -0.378 e. The Kier molecular flexibility index (Phi) is 4.37. The van der Waals surface area contributed by atoms with E-state index in [0.29, 0.717) is 12.0 Å². The van der Waals surface area contributed by atoms with E-state index in [-0.39, 0.29) is 5.82 Å². The molecular weight excluding hydrogens is 251 g/mol. The molecule has 0 aliphatic carbocycles. The van der Waals surface area contributed by atoms with Gasteiger partial charge in [-0.2, -0.15) is 5.26 Å². The third-order valence-electron chi connectivity index (χ3n) is 3.30. The molecule has 2 rings (SSSR count). The van der Waals surface area contributed by atoms with Crippen LogP contribution in [0.1, 0.15) is 17.0 Å². The maximum atomic E-state index is 13.8. The SMILES string of the molecule is CN(C)c1cccc(CC(C#N)c2ccccc2F)c1. The van der Waals surface area contributed by atoms with E-state index >= 15 is 0 Å². The van der Waals surface area contributed by atoms with E-state index < -0.39 is 5.92 Å². The number of anilines is 1. The van der Waals surface area contributed by atoms with Crippen molar-refractivity contribution in [3.63, 3.8) is 0 Å². The molecular formula is C17H17FN2. The molecule has 0 N–H and O–H groups in total. The van der Waals surface area contributed by atoms with Crippen LogP contribution < -0.4 is 4.90 Å². The van der Waals surface area contributed by atoms with Crippen molar-refractivity contribution in [1.29, 1.82) is 5.26 Å². The molecule has 0 aliphatic rings. The van der Waals surface area contributed by atoms with Gasteiger partial charge in [-0.3, -0.25) is 0 Å². The molecule has 0 saturated carbocycles. The highest BCUT2D eigenvalue weighted by Crippen LogP contribution is 2.24.